The summed E-state index contributed by atoms with van der Waals surface area (Å²) in [6.07, 6.45) is 0.206. The number of phenols is 1. The lowest BCUT2D eigenvalue weighted by atomic mass is 10.1. The first kappa shape index (κ1) is 13.7. The zero-order valence-corrected chi connectivity index (χ0v) is 11.4. The zero-order chi connectivity index (χ0) is 13.8. The molecule has 3 nitrogen and oxygen atoms in total. The van der Waals surface area contributed by atoms with Crippen molar-refractivity contribution in [3.8, 4) is 5.75 Å². The van der Waals surface area contributed by atoms with Crippen LogP contribution in [0.4, 0.5) is 5.69 Å². The van der Waals surface area contributed by atoms with Crippen LogP contribution in [-0.2, 0) is 11.2 Å². The van der Waals surface area contributed by atoms with E-state index in [0.29, 0.717) is 15.7 Å². The van der Waals surface area contributed by atoms with Crippen molar-refractivity contribution < 1.29 is 9.90 Å². The van der Waals surface area contributed by atoms with E-state index in [-0.39, 0.29) is 18.1 Å². The molecular weight excluding hydrogens is 285 g/mol. The van der Waals surface area contributed by atoms with Crippen LogP contribution in [0.15, 0.2) is 42.5 Å². The van der Waals surface area contributed by atoms with Crippen LogP contribution >= 0.6 is 23.2 Å². The largest absolute Gasteiger partial charge is 0.508 e. The van der Waals surface area contributed by atoms with Crippen molar-refractivity contribution in [3.63, 3.8) is 0 Å². The molecule has 2 N–H and O–H groups in total. The molecule has 19 heavy (non-hydrogen) atoms. The lowest BCUT2D eigenvalue weighted by molar-refractivity contribution is -0.115. The number of hydrogen-bond donors (Lipinski definition) is 2. The van der Waals surface area contributed by atoms with E-state index in [0.717, 1.165) is 5.56 Å². The van der Waals surface area contributed by atoms with Crippen LogP contribution in [0.5, 0.6) is 5.75 Å². The molecule has 2 aromatic carbocycles. The molecule has 0 unspecified atom stereocenters. The molecule has 0 aromatic heterocycles. The summed E-state index contributed by atoms with van der Waals surface area (Å²) in [5.41, 5.74) is 1.41. The van der Waals surface area contributed by atoms with Gasteiger partial charge in [-0.15, -0.1) is 0 Å². The molecule has 1 amide bonds. The Labute approximate surface area is 120 Å². The Morgan fingerprint density at radius 2 is 1.74 bits per heavy atom. The Morgan fingerprint density at radius 1 is 1.05 bits per heavy atom. The first-order valence-electron chi connectivity index (χ1n) is 5.57. The molecule has 0 aliphatic heterocycles. The third kappa shape index (κ3) is 3.88. The summed E-state index contributed by atoms with van der Waals surface area (Å²) in [5.74, 6) is -0.00781. The zero-order valence-electron chi connectivity index (χ0n) is 9.86. The topological polar surface area (TPSA) is 49.3 Å². The Kier molecular flexibility index (Phi) is 4.30. The van der Waals surface area contributed by atoms with Crippen molar-refractivity contribution in [1.82, 2.24) is 0 Å². The van der Waals surface area contributed by atoms with Gasteiger partial charge in [0.05, 0.1) is 16.5 Å². The summed E-state index contributed by atoms with van der Waals surface area (Å²) in [5, 5.41) is 12.8. The first-order chi connectivity index (χ1) is 9.04. The van der Waals surface area contributed by atoms with Gasteiger partial charge in [-0.25, -0.2) is 0 Å². The fourth-order valence-corrected chi connectivity index (χ4v) is 1.91. The second-order valence-corrected chi connectivity index (χ2v) is 4.83. The van der Waals surface area contributed by atoms with E-state index < -0.39 is 0 Å². The predicted molar refractivity (Wildman–Crippen MR) is 76.9 cm³/mol. The van der Waals surface area contributed by atoms with Crippen LogP contribution in [0.25, 0.3) is 0 Å². The van der Waals surface area contributed by atoms with Gasteiger partial charge in [0.25, 0.3) is 0 Å². The number of benzene rings is 2. The average molecular weight is 296 g/mol. The van der Waals surface area contributed by atoms with Crippen LogP contribution in [0.3, 0.4) is 0 Å². The molecule has 5 heteroatoms. The smallest absolute Gasteiger partial charge is 0.228 e. The maximum atomic E-state index is 11.8. The van der Waals surface area contributed by atoms with Gasteiger partial charge in [0, 0.05) is 5.69 Å². The number of halogens is 2. The van der Waals surface area contributed by atoms with Gasteiger partial charge in [-0.3, -0.25) is 4.79 Å². The minimum Gasteiger partial charge on any atom is -0.508 e. The Hall–Kier alpha value is -1.71. The Morgan fingerprint density at radius 3 is 2.37 bits per heavy atom. The van der Waals surface area contributed by atoms with Crippen LogP contribution in [-0.4, -0.2) is 11.0 Å². The average Bonchev–Trinajstić information content (AvgIpc) is 2.37. The highest BCUT2D eigenvalue weighted by Crippen LogP contribution is 2.23. The van der Waals surface area contributed by atoms with Crippen molar-refractivity contribution in [3.05, 3.63) is 58.1 Å². The van der Waals surface area contributed by atoms with Gasteiger partial charge in [0.1, 0.15) is 5.75 Å². The van der Waals surface area contributed by atoms with Gasteiger partial charge in [0.2, 0.25) is 5.91 Å². The lowest BCUT2D eigenvalue weighted by Gasteiger charge is -2.06. The van der Waals surface area contributed by atoms with Gasteiger partial charge >= 0.3 is 0 Å². The van der Waals surface area contributed by atoms with E-state index in [1.54, 1.807) is 30.3 Å². The van der Waals surface area contributed by atoms with E-state index >= 15 is 0 Å². The van der Waals surface area contributed by atoms with Gasteiger partial charge in [0.15, 0.2) is 0 Å². The molecule has 0 atom stereocenters. The molecule has 0 heterocycles. The Bertz CT molecular complexity index is 597. The van der Waals surface area contributed by atoms with Crippen molar-refractivity contribution in [2.45, 2.75) is 6.42 Å². The van der Waals surface area contributed by atoms with E-state index in [4.69, 9.17) is 28.3 Å². The lowest BCUT2D eigenvalue weighted by Crippen LogP contribution is -2.14. The number of carbonyl (C=O) groups excluding carboxylic acids is 1. The molecule has 98 valence electrons. The van der Waals surface area contributed by atoms with Gasteiger partial charge in [-0.05, 0) is 42.0 Å². The molecule has 0 fully saturated rings. The maximum absolute atomic E-state index is 11.8. The number of anilines is 1. The van der Waals surface area contributed by atoms with Gasteiger partial charge in [-0.1, -0.05) is 29.3 Å². The van der Waals surface area contributed by atoms with Crippen LogP contribution in [0.1, 0.15) is 5.56 Å². The number of carbonyl (C=O) groups is 1. The van der Waals surface area contributed by atoms with E-state index in [1.807, 2.05) is 0 Å². The van der Waals surface area contributed by atoms with Crippen molar-refractivity contribution >= 4 is 34.8 Å². The van der Waals surface area contributed by atoms with E-state index in [9.17, 15) is 4.79 Å². The molecular formula is C14H11Cl2NO2. The number of phenolic OH excluding ortho intramolecular Hbond substituents is 1. The monoisotopic (exact) mass is 295 g/mol. The molecule has 2 aromatic rings. The molecule has 0 spiro atoms. The molecule has 0 aliphatic rings. The van der Waals surface area contributed by atoms with Crippen molar-refractivity contribution in [2.75, 3.05) is 5.32 Å². The summed E-state index contributed by atoms with van der Waals surface area (Å²) < 4.78 is 0. The molecule has 2 rings (SSSR count). The highest BCUT2D eigenvalue weighted by Gasteiger charge is 2.06. The van der Waals surface area contributed by atoms with Crippen LogP contribution < -0.4 is 5.32 Å². The summed E-state index contributed by atoms with van der Waals surface area (Å²) >= 11 is 11.7. The van der Waals surface area contributed by atoms with E-state index in [2.05, 4.69) is 5.32 Å². The highest BCUT2D eigenvalue weighted by atomic mass is 35.5. The van der Waals surface area contributed by atoms with Gasteiger partial charge < -0.3 is 10.4 Å². The number of rotatable bonds is 3. The summed E-state index contributed by atoms with van der Waals surface area (Å²) in [6.45, 7) is 0. The fourth-order valence-electron chi connectivity index (χ4n) is 1.58. The molecule has 0 radical (unpaired) electrons. The quantitative estimate of drug-likeness (QED) is 0.844. The van der Waals surface area contributed by atoms with Gasteiger partial charge in [-0.2, -0.15) is 0 Å². The summed E-state index contributed by atoms with van der Waals surface area (Å²) in [7, 11) is 0. The minimum atomic E-state index is -0.163. The summed E-state index contributed by atoms with van der Waals surface area (Å²) in [6, 6.07) is 11.4. The van der Waals surface area contributed by atoms with E-state index in [1.165, 1.54) is 12.1 Å². The minimum absolute atomic E-state index is 0.155. The molecule has 0 saturated heterocycles. The highest BCUT2D eigenvalue weighted by molar-refractivity contribution is 6.42. The number of amides is 1. The molecule has 0 saturated carbocycles. The second kappa shape index (κ2) is 5.95. The van der Waals surface area contributed by atoms with Crippen LogP contribution in [0, 0.1) is 0 Å². The third-order valence-corrected chi connectivity index (χ3v) is 3.24. The predicted octanol–water partition coefficient (Wildman–Crippen LogP) is 3.88. The molecule has 0 bridgehead atoms. The standard InChI is InChI=1S/C14H11Cl2NO2/c15-12-6-1-9(7-13(12)16)8-14(19)17-10-2-4-11(18)5-3-10/h1-7,18H,8H2,(H,17,19). The van der Waals surface area contributed by atoms with Crippen molar-refractivity contribution in [2.24, 2.45) is 0 Å². The fraction of sp³-hybridized carbons (Fsp3) is 0.0714. The first-order valence-corrected chi connectivity index (χ1v) is 6.33. The number of aromatic hydroxyl groups is 1. The van der Waals surface area contributed by atoms with Crippen LogP contribution in [0.2, 0.25) is 10.0 Å². The number of nitrogens with one attached hydrogen (secondary N) is 1. The Balaban J connectivity index is 2.01. The SMILES string of the molecule is O=C(Cc1ccc(Cl)c(Cl)c1)Nc1ccc(O)cc1. The third-order valence-electron chi connectivity index (χ3n) is 2.50. The van der Waals surface area contributed by atoms with Crippen molar-refractivity contribution in [1.29, 1.82) is 0 Å². The molecule has 0 aliphatic carbocycles. The normalized spacial score (nSPS) is 10.2. The summed E-state index contributed by atoms with van der Waals surface area (Å²) in [4.78, 5) is 11.8. The second-order valence-electron chi connectivity index (χ2n) is 4.02. The number of hydrogen-bond acceptors (Lipinski definition) is 2. The maximum Gasteiger partial charge on any atom is 0.228 e.